The minimum Gasteiger partial charge on any atom is -0.491 e. The second-order valence-corrected chi connectivity index (χ2v) is 7.94. The number of hydrogen-bond acceptors (Lipinski definition) is 6. The van der Waals surface area contributed by atoms with Crippen molar-refractivity contribution in [1.29, 1.82) is 0 Å². The van der Waals surface area contributed by atoms with E-state index in [-0.39, 0.29) is 18.2 Å². The monoisotopic (exact) mass is 495 g/mol. The van der Waals surface area contributed by atoms with Crippen LogP contribution < -0.4 is 21.3 Å². The number of nitrogens with one attached hydrogen (secondary N) is 2. The summed E-state index contributed by atoms with van der Waals surface area (Å²) >= 11 is 12.5. The van der Waals surface area contributed by atoms with Gasteiger partial charge in [0.2, 0.25) is 5.79 Å². The Balaban J connectivity index is 0.00000306. The number of amides is 2. The number of aromatic nitrogens is 2. The Morgan fingerprint density at radius 2 is 2.06 bits per heavy atom. The SMILES string of the molecule is NNC(=O)Nc1ccc(OCC2COC(Cn3ccnc3)(c3ccc(Cl)cc3Cl)O2)cc1.O. The third-order valence-electron chi connectivity index (χ3n) is 4.83. The van der Waals surface area contributed by atoms with E-state index in [1.54, 1.807) is 55.0 Å². The molecule has 2 atom stereocenters. The van der Waals surface area contributed by atoms with Gasteiger partial charge >= 0.3 is 6.03 Å². The lowest BCUT2D eigenvalue weighted by Crippen LogP contribution is -2.34. The van der Waals surface area contributed by atoms with Crippen LogP contribution in [0, 0.1) is 0 Å². The number of hydrogen-bond donors (Lipinski definition) is 3. The van der Waals surface area contributed by atoms with Gasteiger partial charge in [-0.05, 0) is 36.4 Å². The van der Waals surface area contributed by atoms with E-state index in [9.17, 15) is 4.79 Å². The summed E-state index contributed by atoms with van der Waals surface area (Å²) in [5, 5.41) is 3.54. The second-order valence-electron chi connectivity index (χ2n) is 7.10. The quantitative estimate of drug-likeness (QED) is 0.261. The Morgan fingerprint density at radius 3 is 2.73 bits per heavy atom. The molecule has 0 aliphatic carbocycles. The average Bonchev–Trinajstić information content (AvgIpc) is 3.44. The summed E-state index contributed by atoms with van der Waals surface area (Å²) in [6.07, 6.45) is 4.85. The van der Waals surface area contributed by atoms with Gasteiger partial charge in [-0.3, -0.25) is 5.43 Å². The largest absolute Gasteiger partial charge is 0.491 e. The number of anilines is 1. The molecule has 176 valence electrons. The third-order valence-corrected chi connectivity index (χ3v) is 5.38. The number of hydrazine groups is 1. The number of nitrogens with zero attached hydrogens (tertiary/aromatic N) is 2. The fourth-order valence-electron chi connectivity index (χ4n) is 3.37. The van der Waals surface area contributed by atoms with Crippen LogP contribution in [0.2, 0.25) is 10.0 Å². The minimum absolute atomic E-state index is 0. The first-order chi connectivity index (χ1) is 15.5. The van der Waals surface area contributed by atoms with Crippen LogP contribution in [0.5, 0.6) is 5.75 Å². The molecule has 12 heteroatoms. The molecular formula is C21H23Cl2N5O5. The molecule has 0 radical (unpaired) electrons. The van der Waals surface area contributed by atoms with Crippen molar-refractivity contribution >= 4 is 34.9 Å². The van der Waals surface area contributed by atoms with E-state index >= 15 is 0 Å². The van der Waals surface area contributed by atoms with Crippen molar-refractivity contribution in [3.63, 3.8) is 0 Å². The fraction of sp³-hybridized carbons (Fsp3) is 0.238. The molecule has 1 saturated heterocycles. The highest BCUT2D eigenvalue weighted by Gasteiger charge is 2.45. The van der Waals surface area contributed by atoms with E-state index in [4.69, 9.17) is 43.3 Å². The fourth-order valence-corrected chi connectivity index (χ4v) is 3.92. The highest BCUT2D eigenvalue weighted by Crippen LogP contribution is 2.40. The van der Waals surface area contributed by atoms with Gasteiger partial charge in [0, 0.05) is 28.7 Å². The molecule has 0 saturated carbocycles. The summed E-state index contributed by atoms with van der Waals surface area (Å²) < 4.78 is 20.2. The van der Waals surface area contributed by atoms with E-state index in [2.05, 4.69) is 10.3 Å². The van der Waals surface area contributed by atoms with Crippen molar-refractivity contribution in [3.05, 3.63) is 76.8 Å². The van der Waals surface area contributed by atoms with Crippen LogP contribution >= 0.6 is 23.2 Å². The average molecular weight is 496 g/mol. The summed E-state index contributed by atoms with van der Waals surface area (Å²) in [4.78, 5) is 15.4. The van der Waals surface area contributed by atoms with Crippen molar-refractivity contribution < 1.29 is 24.5 Å². The highest BCUT2D eigenvalue weighted by atomic mass is 35.5. The zero-order valence-corrected chi connectivity index (χ0v) is 18.8. The van der Waals surface area contributed by atoms with E-state index in [0.717, 1.165) is 0 Å². The van der Waals surface area contributed by atoms with Gasteiger partial charge in [-0.1, -0.05) is 29.3 Å². The first kappa shape index (κ1) is 24.8. The third kappa shape index (κ3) is 5.93. The Labute approximate surface area is 199 Å². The molecule has 1 aliphatic rings. The van der Waals surface area contributed by atoms with Crippen LogP contribution in [-0.2, 0) is 21.8 Å². The minimum atomic E-state index is -1.11. The lowest BCUT2D eigenvalue weighted by atomic mass is 10.1. The van der Waals surface area contributed by atoms with Crippen LogP contribution in [0.1, 0.15) is 5.56 Å². The van der Waals surface area contributed by atoms with Crippen LogP contribution in [-0.4, -0.2) is 40.4 Å². The van der Waals surface area contributed by atoms with Gasteiger partial charge in [-0.2, -0.15) is 0 Å². The second kappa shape index (κ2) is 10.8. The van der Waals surface area contributed by atoms with Gasteiger partial charge < -0.3 is 29.6 Å². The van der Waals surface area contributed by atoms with E-state index in [0.29, 0.717) is 40.2 Å². The summed E-state index contributed by atoms with van der Waals surface area (Å²) in [6.45, 7) is 0.922. The van der Waals surface area contributed by atoms with Crippen LogP contribution in [0.25, 0.3) is 0 Å². The lowest BCUT2D eigenvalue weighted by molar-refractivity contribution is -0.189. The molecule has 33 heavy (non-hydrogen) atoms. The summed E-state index contributed by atoms with van der Waals surface area (Å²) in [5.74, 6) is 4.56. The number of benzene rings is 2. The first-order valence-electron chi connectivity index (χ1n) is 9.71. The van der Waals surface area contributed by atoms with Crippen molar-refractivity contribution in [3.8, 4) is 5.75 Å². The number of rotatable bonds is 7. The number of nitrogens with two attached hydrogens (primary N) is 1. The van der Waals surface area contributed by atoms with Gasteiger partial charge in [0.15, 0.2) is 0 Å². The predicted octanol–water partition coefficient (Wildman–Crippen LogP) is 2.71. The first-order valence-corrected chi connectivity index (χ1v) is 10.5. The molecule has 6 N–H and O–H groups in total. The highest BCUT2D eigenvalue weighted by molar-refractivity contribution is 6.35. The zero-order valence-electron chi connectivity index (χ0n) is 17.3. The van der Waals surface area contributed by atoms with E-state index in [1.807, 2.05) is 16.2 Å². The lowest BCUT2D eigenvalue weighted by Gasteiger charge is -2.30. The smallest absolute Gasteiger partial charge is 0.333 e. The van der Waals surface area contributed by atoms with Gasteiger partial charge in [-0.15, -0.1) is 0 Å². The standard InChI is InChI=1S/C21H21Cl2N5O4.H2O/c22-14-1-6-18(19(23)9-14)21(12-28-8-7-25-13-28)31-11-17(32-21)10-30-16-4-2-15(3-5-16)26-20(29)27-24;/h1-9,13,17H,10-12,24H2,(H2,26,27,29);1H2. The van der Waals surface area contributed by atoms with Crippen molar-refractivity contribution in [2.24, 2.45) is 5.84 Å². The summed E-state index contributed by atoms with van der Waals surface area (Å²) in [5.41, 5.74) is 3.26. The molecule has 2 unspecified atom stereocenters. The number of halogens is 2. The van der Waals surface area contributed by atoms with Gasteiger partial charge in [0.05, 0.1) is 24.5 Å². The Morgan fingerprint density at radius 1 is 1.27 bits per heavy atom. The molecule has 1 aliphatic heterocycles. The number of imidazole rings is 1. The van der Waals surface area contributed by atoms with Gasteiger partial charge in [0.1, 0.15) is 18.5 Å². The summed E-state index contributed by atoms with van der Waals surface area (Å²) in [6, 6.07) is 11.6. The number of carbonyl (C=O) groups excluding carboxylic acids is 1. The Kier molecular flexibility index (Phi) is 8.14. The maximum atomic E-state index is 11.3. The molecule has 0 bridgehead atoms. The molecule has 2 heterocycles. The molecule has 2 aromatic carbocycles. The Bertz CT molecular complexity index is 1070. The van der Waals surface area contributed by atoms with Crippen LogP contribution in [0.3, 0.4) is 0 Å². The molecule has 0 spiro atoms. The molecule has 2 amide bonds. The van der Waals surface area contributed by atoms with E-state index < -0.39 is 11.8 Å². The zero-order chi connectivity index (χ0) is 22.6. The van der Waals surface area contributed by atoms with E-state index in [1.165, 1.54) is 0 Å². The molecule has 3 aromatic rings. The molecule has 1 fully saturated rings. The molecule has 4 rings (SSSR count). The molecular weight excluding hydrogens is 473 g/mol. The molecule has 10 nitrogen and oxygen atoms in total. The number of urea groups is 1. The van der Waals surface area contributed by atoms with Crippen molar-refractivity contribution in [1.82, 2.24) is 15.0 Å². The summed E-state index contributed by atoms with van der Waals surface area (Å²) in [7, 11) is 0. The van der Waals surface area contributed by atoms with Crippen molar-refractivity contribution in [2.75, 3.05) is 18.5 Å². The van der Waals surface area contributed by atoms with Crippen LogP contribution in [0.15, 0.2) is 61.2 Å². The van der Waals surface area contributed by atoms with Gasteiger partial charge in [0.25, 0.3) is 0 Å². The number of ether oxygens (including phenoxy) is 3. The topological polar surface area (TPSA) is 144 Å². The van der Waals surface area contributed by atoms with Gasteiger partial charge in [-0.25, -0.2) is 15.6 Å². The number of carbonyl (C=O) groups is 1. The molecule has 1 aromatic heterocycles. The Hall–Kier alpha value is -2.86. The normalized spacial score (nSPS) is 19.5. The predicted molar refractivity (Wildman–Crippen MR) is 123 cm³/mol. The van der Waals surface area contributed by atoms with Crippen molar-refractivity contribution in [2.45, 2.75) is 18.4 Å². The maximum Gasteiger partial charge on any atom is 0.333 e. The van der Waals surface area contributed by atoms with Crippen LogP contribution in [0.4, 0.5) is 10.5 Å². The maximum absolute atomic E-state index is 11.3.